The highest BCUT2D eigenvalue weighted by Crippen LogP contribution is 2.08. The Morgan fingerprint density at radius 3 is 2.94 bits per heavy atom. The molecule has 0 aliphatic rings. The third kappa shape index (κ3) is 2.94. The highest BCUT2D eigenvalue weighted by Gasteiger charge is 2.02. The minimum atomic E-state index is -0.314. The fourth-order valence-electron chi connectivity index (χ4n) is 1.30. The van der Waals surface area contributed by atoms with E-state index in [-0.39, 0.29) is 11.7 Å². The predicted molar refractivity (Wildman–Crippen MR) is 64.0 cm³/mol. The second-order valence-corrected chi connectivity index (χ2v) is 3.38. The Kier molecular flexibility index (Phi) is 3.20. The van der Waals surface area contributed by atoms with E-state index in [4.69, 9.17) is 0 Å². The smallest absolute Gasteiger partial charge is 0.287 e. The third-order valence-electron chi connectivity index (χ3n) is 2.09. The number of aromatic amines is 1. The zero-order valence-corrected chi connectivity index (χ0v) is 8.92. The van der Waals surface area contributed by atoms with Gasteiger partial charge in [-0.25, -0.2) is 5.43 Å². The number of phenolic OH excluding ortho intramolecular Hbond substituents is 1. The lowest BCUT2D eigenvalue weighted by Crippen LogP contribution is -2.17. The van der Waals surface area contributed by atoms with Crippen molar-refractivity contribution in [3.63, 3.8) is 0 Å². The molecule has 0 aliphatic carbocycles. The summed E-state index contributed by atoms with van der Waals surface area (Å²) in [5.41, 5.74) is 3.52. The Labute approximate surface area is 97.8 Å². The molecule has 1 aromatic carbocycles. The molecule has 17 heavy (non-hydrogen) atoms. The molecular weight excluding hydrogens is 218 g/mol. The number of hydrogen-bond acceptors (Lipinski definition) is 3. The van der Waals surface area contributed by atoms with Gasteiger partial charge in [0.15, 0.2) is 0 Å². The van der Waals surface area contributed by atoms with Gasteiger partial charge in [0.2, 0.25) is 0 Å². The van der Waals surface area contributed by atoms with E-state index >= 15 is 0 Å². The van der Waals surface area contributed by atoms with Gasteiger partial charge in [0.05, 0.1) is 6.21 Å². The van der Waals surface area contributed by atoms with Gasteiger partial charge in [-0.2, -0.15) is 5.10 Å². The zero-order valence-electron chi connectivity index (χ0n) is 8.92. The molecule has 0 unspecified atom stereocenters. The maximum atomic E-state index is 11.5. The number of rotatable bonds is 3. The summed E-state index contributed by atoms with van der Waals surface area (Å²) in [5.74, 6) is -0.156. The molecule has 0 aliphatic heterocycles. The summed E-state index contributed by atoms with van der Waals surface area (Å²) in [7, 11) is 0. The standard InChI is InChI=1S/C12H11N3O2/c16-10-4-1-3-9(7-10)8-14-15-12(17)11-5-2-6-13-11/h1-8,13,16H,(H,15,17)/b14-8-. The largest absolute Gasteiger partial charge is 0.508 e. The van der Waals surface area contributed by atoms with Gasteiger partial charge in [-0.15, -0.1) is 0 Å². The van der Waals surface area contributed by atoms with Crippen molar-refractivity contribution in [1.29, 1.82) is 0 Å². The van der Waals surface area contributed by atoms with Crippen molar-refractivity contribution < 1.29 is 9.90 Å². The summed E-state index contributed by atoms with van der Waals surface area (Å²) in [6.07, 6.45) is 3.12. The number of hydrazone groups is 1. The van der Waals surface area contributed by atoms with Crippen LogP contribution in [0.4, 0.5) is 0 Å². The lowest BCUT2D eigenvalue weighted by atomic mass is 10.2. The van der Waals surface area contributed by atoms with Gasteiger partial charge in [-0.05, 0) is 29.8 Å². The van der Waals surface area contributed by atoms with E-state index in [9.17, 15) is 9.90 Å². The molecule has 5 nitrogen and oxygen atoms in total. The Morgan fingerprint density at radius 2 is 2.24 bits per heavy atom. The van der Waals surface area contributed by atoms with E-state index in [1.807, 2.05) is 0 Å². The number of benzene rings is 1. The van der Waals surface area contributed by atoms with Gasteiger partial charge in [0.1, 0.15) is 11.4 Å². The van der Waals surface area contributed by atoms with Crippen LogP contribution in [0.15, 0.2) is 47.7 Å². The quantitative estimate of drug-likeness (QED) is 0.550. The summed E-state index contributed by atoms with van der Waals surface area (Å²) in [6, 6.07) is 9.96. The first-order valence-corrected chi connectivity index (χ1v) is 5.01. The summed E-state index contributed by atoms with van der Waals surface area (Å²) in [5, 5.41) is 13.0. The van der Waals surface area contributed by atoms with E-state index in [1.165, 1.54) is 6.21 Å². The average molecular weight is 229 g/mol. The zero-order chi connectivity index (χ0) is 12.1. The van der Waals surface area contributed by atoms with Crippen molar-refractivity contribution in [2.24, 2.45) is 5.10 Å². The van der Waals surface area contributed by atoms with E-state index < -0.39 is 0 Å². The van der Waals surface area contributed by atoms with Gasteiger partial charge >= 0.3 is 0 Å². The number of hydrogen-bond donors (Lipinski definition) is 3. The second kappa shape index (κ2) is 4.98. The van der Waals surface area contributed by atoms with Crippen molar-refractivity contribution in [3.8, 4) is 5.75 Å². The molecule has 1 amide bonds. The van der Waals surface area contributed by atoms with Gasteiger partial charge in [0.25, 0.3) is 5.91 Å². The van der Waals surface area contributed by atoms with Gasteiger partial charge in [-0.1, -0.05) is 12.1 Å². The molecule has 0 fully saturated rings. The molecule has 0 bridgehead atoms. The highest BCUT2D eigenvalue weighted by molar-refractivity contribution is 5.93. The normalized spacial score (nSPS) is 10.6. The Hall–Kier alpha value is -2.56. The van der Waals surface area contributed by atoms with Crippen molar-refractivity contribution in [2.75, 3.05) is 0 Å². The molecule has 1 heterocycles. The van der Waals surface area contributed by atoms with Crippen molar-refractivity contribution in [3.05, 3.63) is 53.9 Å². The van der Waals surface area contributed by atoms with Crippen molar-refractivity contribution in [2.45, 2.75) is 0 Å². The van der Waals surface area contributed by atoms with E-state index in [0.29, 0.717) is 11.3 Å². The lowest BCUT2D eigenvalue weighted by molar-refractivity contribution is 0.0951. The summed E-state index contributed by atoms with van der Waals surface area (Å²) in [6.45, 7) is 0. The molecule has 3 N–H and O–H groups in total. The van der Waals surface area contributed by atoms with Crippen molar-refractivity contribution >= 4 is 12.1 Å². The molecule has 2 aromatic rings. The number of amides is 1. The van der Waals surface area contributed by atoms with E-state index in [0.717, 1.165) is 0 Å². The number of nitrogens with one attached hydrogen (secondary N) is 2. The van der Waals surface area contributed by atoms with Crippen LogP contribution in [0, 0.1) is 0 Å². The molecular formula is C12H11N3O2. The Balaban J connectivity index is 1.96. The second-order valence-electron chi connectivity index (χ2n) is 3.38. The molecule has 0 atom stereocenters. The maximum Gasteiger partial charge on any atom is 0.287 e. The number of aromatic nitrogens is 1. The van der Waals surface area contributed by atoms with Crippen molar-refractivity contribution in [1.82, 2.24) is 10.4 Å². The van der Waals surface area contributed by atoms with Crippen LogP contribution in [-0.4, -0.2) is 22.2 Å². The van der Waals surface area contributed by atoms with Crippen LogP contribution in [0.1, 0.15) is 16.1 Å². The Morgan fingerprint density at radius 1 is 1.35 bits per heavy atom. The van der Waals surface area contributed by atoms with Crippen LogP contribution in [0.2, 0.25) is 0 Å². The molecule has 0 saturated carbocycles. The highest BCUT2D eigenvalue weighted by atomic mass is 16.3. The molecule has 1 aromatic heterocycles. The molecule has 2 rings (SSSR count). The Bertz CT molecular complexity index is 532. The molecule has 0 radical (unpaired) electrons. The van der Waals surface area contributed by atoms with Crippen LogP contribution < -0.4 is 5.43 Å². The lowest BCUT2D eigenvalue weighted by Gasteiger charge is -1.96. The SMILES string of the molecule is O=C(N/N=C\c1cccc(O)c1)c1ccc[nH]1. The first-order chi connectivity index (χ1) is 8.25. The van der Waals surface area contributed by atoms with Crippen LogP contribution in [-0.2, 0) is 0 Å². The van der Waals surface area contributed by atoms with E-state index in [2.05, 4.69) is 15.5 Å². The first kappa shape index (κ1) is 10.9. The van der Waals surface area contributed by atoms with Crippen LogP contribution in [0.25, 0.3) is 0 Å². The number of H-pyrrole nitrogens is 1. The summed E-state index contributed by atoms with van der Waals surface area (Å²) < 4.78 is 0. The number of nitrogens with zero attached hydrogens (tertiary/aromatic N) is 1. The van der Waals surface area contributed by atoms with Crippen LogP contribution >= 0.6 is 0 Å². The first-order valence-electron chi connectivity index (χ1n) is 5.01. The molecule has 0 spiro atoms. The fraction of sp³-hybridized carbons (Fsp3) is 0. The summed E-state index contributed by atoms with van der Waals surface area (Å²) in [4.78, 5) is 14.2. The van der Waals surface area contributed by atoms with Crippen LogP contribution in [0.3, 0.4) is 0 Å². The molecule has 5 heteroatoms. The topological polar surface area (TPSA) is 77.5 Å². The fourth-order valence-corrected chi connectivity index (χ4v) is 1.30. The van der Waals surface area contributed by atoms with Gasteiger partial charge in [-0.3, -0.25) is 4.79 Å². The number of carbonyl (C=O) groups excluding carboxylic acids is 1. The summed E-state index contributed by atoms with van der Waals surface area (Å²) >= 11 is 0. The average Bonchev–Trinajstić information content (AvgIpc) is 2.82. The number of aromatic hydroxyl groups is 1. The van der Waals surface area contributed by atoms with E-state index in [1.54, 1.807) is 42.6 Å². The number of phenols is 1. The molecule has 0 saturated heterocycles. The number of carbonyl (C=O) groups is 1. The monoisotopic (exact) mass is 229 g/mol. The molecule has 86 valence electrons. The predicted octanol–water partition coefficient (Wildman–Crippen LogP) is 1.48. The maximum absolute atomic E-state index is 11.5. The third-order valence-corrected chi connectivity index (χ3v) is 2.09. The van der Waals surface area contributed by atoms with Gasteiger partial charge < -0.3 is 10.1 Å². The van der Waals surface area contributed by atoms with Gasteiger partial charge in [0, 0.05) is 6.20 Å². The van der Waals surface area contributed by atoms with Crippen LogP contribution in [0.5, 0.6) is 5.75 Å². The minimum Gasteiger partial charge on any atom is -0.508 e. The minimum absolute atomic E-state index is 0.157.